The van der Waals surface area contributed by atoms with Crippen molar-refractivity contribution in [3.8, 4) is 0 Å². The van der Waals surface area contributed by atoms with Gasteiger partial charge in [0.2, 0.25) is 0 Å². The number of carbonyl (C=O) groups excluding carboxylic acids is 1. The lowest BCUT2D eigenvalue weighted by molar-refractivity contribution is 0.101. The molecule has 0 amide bonds. The first-order valence-corrected chi connectivity index (χ1v) is 7.27. The van der Waals surface area contributed by atoms with Crippen LogP contribution in [0.3, 0.4) is 0 Å². The third-order valence-corrected chi connectivity index (χ3v) is 4.21. The Morgan fingerprint density at radius 3 is 2.60 bits per heavy atom. The van der Waals surface area contributed by atoms with Crippen LogP contribution in [0.4, 0.5) is 8.78 Å². The Bertz CT molecular complexity index is 662. The Hall–Kier alpha value is -1.10. The average Bonchev–Trinajstić information content (AvgIpc) is 2.42. The van der Waals surface area contributed by atoms with Crippen molar-refractivity contribution < 1.29 is 13.6 Å². The summed E-state index contributed by atoms with van der Waals surface area (Å²) in [5.41, 5.74) is -0.268. The molecule has 0 atom stereocenters. The molecule has 2 aromatic rings. The molecule has 2 rings (SSSR count). The van der Waals surface area contributed by atoms with Crippen molar-refractivity contribution in [3.05, 3.63) is 63.6 Å². The van der Waals surface area contributed by atoms with E-state index in [1.165, 1.54) is 0 Å². The van der Waals surface area contributed by atoms with Crippen molar-refractivity contribution in [3.63, 3.8) is 0 Å². The van der Waals surface area contributed by atoms with Gasteiger partial charge in [0.1, 0.15) is 11.6 Å². The molecule has 0 unspecified atom stereocenters. The molecule has 0 heterocycles. The maximum Gasteiger partial charge on any atom is 0.176 e. The van der Waals surface area contributed by atoms with Gasteiger partial charge in [0.05, 0.1) is 16.3 Å². The van der Waals surface area contributed by atoms with Crippen LogP contribution in [0.2, 0.25) is 10.0 Å². The van der Waals surface area contributed by atoms with Crippen molar-refractivity contribution in [1.82, 2.24) is 0 Å². The van der Waals surface area contributed by atoms with Gasteiger partial charge < -0.3 is 0 Å². The molecular weight excluding hydrogens is 325 g/mol. The van der Waals surface area contributed by atoms with Crippen molar-refractivity contribution in [2.75, 3.05) is 5.75 Å². The summed E-state index contributed by atoms with van der Waals surface area (Å²) in [6.45, 7) is 0. The number of thioether (sulfide) groups is 1. The predicted octanol–water partition coefficient (Wildman–Crippen LogP) is 5.25. The number of halogens is 4. The Balaban J connectivity index is 2.12. The van der Waals surface area contributed by atoms with Crippen molar-refractivity contribution in [1.29, 1.82) is 0 Å². The fourth-order valence-corrected chi connectivity index (χ4v) is 2.90. The second-order valence-electron chi connectivity index (χ2n) is 3.91. The lowest BCUT2D eigenvalue weighted by Gasteiger charge is -2.05. The predicted molar refractivity (Wildman–Crippen MR) is 77.9 cm³/mol. The molecule has 0 N–H and O–H groups in total. The number of ketones is 1. The summed E-state index contributed by atoms with van der Waals surface area (Å²) in [5.74, 6) is -1.96. The van der Waals surface area contributed by atoms with E-state index in [1.807, 2.05) is 0 Å². The van der Waals surface area contributed by atoms with Crippen LogP contribution < -0.4 is 0 Å². The molecule has 0 spiro atoms. The smallest absolute Gasteiger partial charge is 0.176 e. The van der Waals surface area contributed by atoms with E-state index in [0.29, 0.717) is 14.9 Å². The number of hydrogen-bond acceptors (Lipinski definition) is 2. The first-order valence-electron chi connectivity index (χ1n) is 5.53. The first-order chi connectivity index (χ1) is 9.47. The Labute approximate surface area is 128 Å². The molecule has 0 fully saturated rings. The summed E-state index contributed by atoms with van der Waals surface area (Å²) in [6.07, 6.45) is 0. The summed E-state index contributed by atoms with van der Waals surface area (Å²) < 4.78 is 26.5. The van der Waals surface area contributed by atoms with Crippen LogP contribution >= 0.6 is 35.0 Å². The van der Waals surface area contributed by atoms with Crippen LogP contribution in [0.15, 0.2) is 41.3 Å². The molecule has 6 heteroatoms. The largest absolute Gasteiger partial charge is 0.293 e. The van der Waals surface area contributed by atoms with Gasteiger partial charge in [-0.05, 0) is 36.4 Å². The van der Waals surface area contributed by atoms with Crippen LogP contribution in [0.5, 0.6) is 0 Å². The molecule has 0 aliphatic carbocycles. The van der Waals surface area contributed by atoms with E-state index in [4.69, 9.17) is 23.2 Å². The monoisotopic (exact) mass is 332 g/mol. The number of rotatable bonds is 4. The van der Waals surface area contributed by atoms with E-state index in [2.05, 4.69) is 0 Å². The summed E-state index contributed by atoms with van der Waals surface area (Å²) in [4.78, 5) is 12.5. The second-order valence-corrected chi connectivity index (χ2v) is 5.77. The molecule has 1 nitrogen and oxygen atoms in total. The molecular formula is C14H8Cl2F2OS. The highest BCUT2D eigenvalue weighted by Crippen LogP contribution is 2.30. The average molecular weight is 333 g/mol. The molecule has 0 radical (unpaired) electrons. The number of benzene rings is 2. The Morgan fingerprint density at radius 1 is 1.10 bits per heavy atom. The molecule has 0 aliphatic heterocycles. The van der Waals surface area contributed by atoms with E-state index < -0.39 is 17.4 Å². The Kier molecular flexibility index (Phi) is 5.02. The van der Waals surface area contributed by atoms with Crippen molar-refractivity contribution >= 4 is 40.7 Å². The van der Waals surface area contributed by atoms with E-state index in [9.17, 15) is 13.6 Å². The second kappa shape index (κ2) is 6.57. The molecule has 0 saturated heterocycles. The van der Waals surface area contributed by atoms with Gasteiger partial charge in [-0.1, -0.05) is 23.2 Å². The van der Waals surface area contributed by atoms with Gasteiger partial charge in [0.25, 0.3) is 0 Å². The van der Waals surface area contributed by atoms with Crippen LogP contribution in [0.1, 0.15) is 10.4 Å². The summed E-state index contributed by atoms with van der Waals surface area (Å²) >= 11 is 12.9. The normalized spacial score (nSPS) is 10.6. The highest BCUT2D eigenvalue weighted by Gasteiger charge is 2.14. The van der Waals surface area contributed by atoms with Gasteiger partial charge >= 0.3 is 0 Å². The van der Waals surface area contributed by atoms with Crippen molar-refractivity contribution in [2.45, 2.75) is 4.90 Å². The quantitative estimate of drug-likeness (QED) is 0.562. The Morgan fingerprint density at radius 2 is 1.85 bits per heavy atom. The number of hydrogen-bond donors (Lipinski definition) is 0. The van der Waals surface area contributed by atoms with Crippen LogP contribution in [-0.2, 0) is 0 Å². The highest BCUT2D eigenvalue weighted by atomic mass is 35.5. The lowest BCUT2D eigenvalue weighted by Crippen LogP contribution is -2.06. The molecule has 20 heavy (non-hydrogen) atoms. The standard InChI is InChI=1S/C14H8Cl2F2OS/c15-8-1-3-11(16)14(5-8)20-7-13(19)10-6-9(17)2-4-12(10)18/h1-6H,7H2. The maximum absolute atomic E-state index is 13.4. The van der Waals surface area contributed by atoms with Gasteiger partial charge in [-0.25, -0.2) is 8.78 Å². The van der Waals surface area contributed by atoms with Gasteiger partial charge in [0.15, 0.2) is 5.78 Å². The van der Waals surface area contributed by atoms with Crippen LogP contribution in [-0.4, -0.2) is 11.5 Å². The third-order valence-electron chi connectivity index (χ3n) is 2.48. The zero-order valence-corrected chi connectivity index (χ0v) is 12.3. The minimum absolute atomic E-state index is 0.0551. The van der Waals surface area contributed by atoms with Crippen LogP contribution in [0.25, 0.3) is 0 Å². The molecule has 0 aliphatic rings. The lowest BCUT2D eigenvalue weighted by atomic mass is 10.1. The maximum atomic E-state index is 13.4. The summed E-state index contributed by atoms with van der Waals surface area (Å²) in [5, 5.41) is 0.938. The third kappa shape index (κ3) is 3.72. The fraction of sp³-hybridized carbons (Fsp3) is 0.0714. The van der Waals surface area contributed by atoms with E-state index in [0.717, 1.165) is 30.0 Å². The summed E-state index contributed by atoms with van der Waals surface area (Å²) in [7, 11) is 0. The SMILES string of the molecule is O=C(CSc1cc(Cl)ccc1Cl)c1cc(F)ccc1F. The van der Waals surface area contributed by atoms with E-state index >= 15 is 0 Å². The molecule has 2 aromatic carbocycles. The topological polar surface area (TPSA) is 17.1 Å². The minimum atomic E-state index is -0.741. The van der Waals surface area contributed by atoms with Gasteiger partial charge in [-0.15, -0.1) is 11.8 Å². The van der Waals surface area contributed by atoms with Crippen molar-refractivity contribution in [2.24, 2.45) is 0 Å². The van der Waals surface area contributed by atoms with Crippen LogP contribution in [0, 0.1) is 11.6 Å². The number of Topliss-reactive ketones (excluding diaryl/α,β-unsaturated/α-hetero) is 1. The van der Waals surface area contributed by atoms with Gasteiger partial charge in [-0.3, -0.25) is 4.79 Å². The fourth-order valence-electron chi connectivity index (χ4n) is 1.52. The number of carbonyl (C=O) groups is 1. The first kappa shape index (κ1) is 15.3. The van der Waals surface area contributed by atoms with Gasteiger partial charge in [-0.2, -0.15) is 0 Å². The van der Waals surface area contributed by atoms with E-state index in [-0.39, 0.29) is 11.3 Å². The molecule has 0 aromatic heterocycles. The molecule has 104 valence electrons. The molecule has 0 saturated carbocycles. The molecule has 0 bridgehead atoms. The zero-order valence-electron chi connectivity index (χ0n) is 10.00. The highest BCUT2D eigenvalue weighted by molar-refractivity contribution is 8.00. The van der Waals surface area contributed by atoms with E-state index in [1.54, 1.807) is 18.2 Å². The van der Waals surface area contributed by atoms with Gasteiger partial charge in [0, 0.05) is 9.92 Å². The minimum Gasteiger partial charge on any atom is -0.293 e. The summed E-state index contributed by atoms with van der Waals surface area (Å²) in [6, 6.07) is 7.63. The zero-order chi connectivity index (χ0) is 14.7.